The van der Waals surface area contributed by atoms with Gasteiger partial charge in [-0.05, 0) is 98.0 Å². The molecule has 2 heterocycles. The summed E-state index contributed by atoms with van der Waals surface area (Å²) in [6.45, 7) is 7.05. The van der Waals surface area contributed by atoms with E-state index in [1.54, 1.807) is 62.4 Å². The molecule has 1 atom stereocenters. The quantitative estimate of drug-likeness (QED) is 0.182. The Hall–Kier alpha value is -4.31. The molecule has 1 unspecified atom stereocenters. The van der Waals surface area contributed by atoms with Crippen molar-refractivity contribution in [1.29, 1.82) is 0 Å². The van der Waals surface area contributed by atoms with Crippen molar-refractivity contribution in [2.45, 2.75) is 51.6 Å². The first-order chi connectivity index (χ1) is 21.0. The van der Waals surface area contributed by atoms with Gasteiger partial charge < -0.3 is 4.42 Å². The fraction of sp³-hybridized carbons (Fsp3) is 0.206. The molecule has 1 aliphatic rings. The van der Waals surface area contributed by atoms with Gasteiger partial charge in [0.05, 0.1) is 17.0 Å². The van der Waals surface area contributed by atoms with Gasteiger partial charge in [0.1, 0.15) is 11.6 Å². The number of carbonyl (C=O) groups is 2. The molecular formula is C34H30ClN3O5S. The molecule has 5 aromatic rings. The van der Waals surface area contributed by atoms with Crippen LogP contribution in [0.15, 0.2) is 88.2 Å². The number of imide groups is 1. The van der Waals surface area contributed by atoms with Crippen LogP contribution < -0.4 is 4.90 Å². The number of aryl methyl sites for hydroxylation is 2. The number of hydrogen-bond acceptors (Lipinski definition) is 6. The lowest BCUT2D eigenvalue weighted by Crippen LogP contribution is -2.45. The Morgan fingerprint density at radius 3 is 2.20 bits per heavy atom. The predicted molar refractivity (Wildman–Crippen MR) is 170 cm³/mol. The van der Waals surface area contributed by atoms with Gasteiger partial charge in [-0.3, -0.25) is 9.59 Å². The number of carbonyl (C=O) groups excluding carboxylic acids is 2. The Morgan fingerprint density at radius 2 is 1.55 bits per heavy atom. The molecule has 6 rings (SSSR count). The molecule has 0 radical (unpaired) electrons. The average Bonchev–Trinajstić information content (AvgIpc) is 3.56. The van der Waals surface area contributed by atoms with Crippen LogP contribution in [0.2, 0.25) is 5.02 Å². The zero-order valence-corrected chi connectivity index (χ0v) is 26.2. The van der Waals surface area contributed by atoms with Crippen molar-refractivity contribution in [2.75, 3.05) is 4.90 Å². The summed E-state index contributed by atoms with van der Waals surface area (Å²) in [7, 11) is -4.27. The first-order valence-electron chi connectivity index (χ1n) is 14.1. The van der Waals surface area contributed by atoms with Crippen molar-refractivity contribution in [1.82, 2.24) is 9.29 Å². The fourth-order valence-corrected chi connectivity index (χ4v) is 8.04. The van der Waals surface area contributed by atoms with Crippen molar-refractivity contribution in [3.8, 4) is 11.5 Å². The maximum Gasteiger partial charge on any atom is 0.252 e. The van der Waals surface area contributed by atoms with Crippen molar-refractivity contribution < 1.29 is 22.4 Å². The summed E-state index contributed by atoms with van der Waals surface area (Å²) < 4.78 is 36.1. The molecule has 4 aromatic carbocycles. The van der Waals surface area contributed by atoms with Crippen LogP contribution in [-0.4, -0.2) is 35.6 Å². The van der Waals surface area contributed by atoms with Gasteiger partial charge in [0.25, 0.3) is 5.91 Å². The van der Waals surface area contributed by atoms with E-state index in [0.717, 1.165) is 20.3 Å². The summed E-state index contributed by atoms with van der Waals surface area (Å²) in [6.07, 6.45) is -0.307. The Labute approximate surface area is 260 Å². The number of benzene rings is 4. The van der Waals surface area contributed by atoms with Gasteiger partial charge in [-0.25, -0.2) is 18.3 Å². The zero-order chi connectivity index (χ0) is 31.3. The van der Waals surface area contributed by atoms with Crippen LogP contribution in [0, 0.1) is 27.7 Å². The van der Waals surface area contributed by atoms with E-state index in [0.29, 0.717) is 50.0 Å². The Balaban J connectivity index is 1.38. The first-order valence-corrected chi connectivity index (χ1v) is 15.9. The maximum atomic E-state index is 14.5. The van der Waals surface area contributed by atoms with Crippen LogP contribution in [0.5, 0.6) is 0 Å². The third-order valence-electron chi connectivity index (χ3n) is 8.28. The van der Waals surface area contributed by atoms with E-state index in [9.17, 15) is 18.0 Å². The van der Waals surface area contributed by atoms with E-state index in [-0.39, 0.29) is 17.9 Å². The van der Waals surface area contributed by atoms with Gasteiger partial charge in [0.15, 0.2) is 5.58 Å². The molecular weight excluding hydrogens is 598 g/mol. The predicted octanol–water partition coefficient (Wildman–Crippen LogP) is 6.90. The second kappa shape index (κ2) is 11.3. The topological polar surface area (TPSA) is 101 Å². The second-order valence-corrected chi connectivity index (χ2v) is 13.3. The number of nitrogens with zero attached hydrogens (tertiary/aromatic N) is 3. The molecule has 0 bridgehead atoms. The molecule has 1 saturated heterocycles. The summed E-state index contributed by atoms with van der Waals surface area (Å²) in [4.78, 5) is 33.1. The van der Waals surface area contributed by atoms with E-state index in [2.05, 4.69) is 4.98 Å². The molecule has 1 aliphatic heterocycles. The molecule has 0 saturated carbocycles. The number of rotatable bonds is 7. The van der Waals surface area contributed by atoms with Crippen LogP contribution in [0.1, 0.15) is 34.2 Å². The molecule has 0 N–H and O–H groups in total. The third kappa shape index (κ3) is 5.11. The van der Waals surface area contributed by atoms with Crippen LogP contribution in [0.4, 0.5) is 5.69 Å². The number of aromatic nitrogens is 1. The number of amides is 2. The Bertz CT molecular complexity index is 1990. The molecule has 10 heteroatoms. The summed E-state index contributed by atoms with van der Waals surface area (Å²) in [5, 5.41) is 0.366. The SMILES string of the molecule is Cc1cc(C)c(C)c(S(=O)(=O)N(Cc2ccccc2Cl)C2CC(=O)N(c3ccc(-c4nc5ccccc5o4)cc3)C2=O)c1C. The molecule has 2 amide bonds. The van der Waals surface area contributed by atoms with Crippen molar-refractivity contribution in [2.24, 2.45) is 0 Å². The summed E-state index contributed by atoms with van der Waals surface area (Å²) in [5.74, 6) is -0.714. The van der Waals surface area contributed by atoms with Crippen molar-refractivity contribution in [3.63, 3.8) is 0 Å². The second-order valence-electron chi connectivity index (χ2n) is 11.1. The minimum atomic E-state index is -4.27. The van der Waals surface area contributed by atoms with Crippen LogP contribution in [-0.2, 0) is 26.2 Å². The highest BCUT2D eigenvalue weighted by atomic mass is 35.5. The monoisotopic (exact) mass is 627 g/mol. The van der Waals surface area contributed by atoms with Crippen molar-refractivity contribution in [3.05, 3.63) is 112 Å². The number of fused-ring (bicyclic) bond motifs is 1. The summed E-state index contributed by atoms with van der Waals surface area (Å²) >= 11 is 6.47. The molecule has 8 nitrogen and oxygen atoms in total. The zero-order valence-electron chi connectivity index (χ0n) is 24.7. The van der Waals surface area contributed by atoms with E-state index in [4.69, 9.17) is 16.0 Å². The number of oxazole rings is 1. The van der Waals surface area contributed by atoms with Gasteiger partial charge in [-0.2, -0.15) is 4.31 Å². The standard InChI is InChI=1S/C34H30ClN3O5S/c1-20-17-21(2)23(4)32(22(20)3)44(41,42)37(19-25-9-5-6-10-27(25)35)29-18-31(39)38(34(29)40)26-15-13-24(14-16-26)33-36-28-11-7-8-12-30(28)43-33/h5-17,29H,18-19H2,1-4H3. The van der Waals surface area contributed by atoms with Gasteiger partial charge in [-0.15, -0.1) is 0 Å². The number of hydrogen-bond donors (Lipinski definition) is 0. The van der Waals surface area contributed by atoms with Gasteiger partial charge in [0.2, 0.25) is 21.8 Å². The lowest BCUT2D eigenvalue weighted by Gasteiger charge is -2.29. The van der Waals surface area contributed by atoms with Crippen LogP contribution in [0.3, 0.4) is 0 Å². The molecule has 1 fully saturated rings. The molecule has 1 aromatic heterocycles. The minimum absolute atomic E-state index is 0.142. The van der Waals surface area contributed by atoms with E-state index in [1.807, 2.05) is 44.2 Å². The van der Waals surface area contributed by atoms with Crippen molar-refractivity contribution >= 4 is 50.2 Å². The number of anilines is 1. The highest BCUT2D eigenvalue weighted by molar-refractivity contribution is 7.89. The Kier molecular flexibility index (Phi) is 7.65. The highest BCUT2D eigenvalue weighted by Gasteiger charge is 2.47. The lowest BCUT2D eigenvalue weighted by atomic mass is 10.0. The average molecular weight is 628 g/mol. The smallest absolute Gasteiger partial charge is 0.252 e. The fourth-order valence-electron chi connectivity index (χ4n) is 5.70. The normalized spacial score (nSPS) is 15.6. The van der Waals surface area contributed by atoms with E-state index in [1.165, 1.54) is 0 Å². The summed E-state index contributed by atoms with van der Waals surface area (Å²) in [6, 6.07) is 21.7. The van der Waals surface area contributed by atoms with E-state index >= 15 is 0 Å². The largest absolute Gasteiger partial charge is 0.436 e. The van der Waals surface area contributed by atoms with Crippen LogP contribution in [0.25, 0.3) is 22.6 Å². The van der Waals surface area contributed by atoms with Crippen LogP contribution >= 0.6 is 11.6 Å². The number of para-hydroxylation sites is 2. The van der Waals surface area contributed by atoms with E-state index < -0.39 is 27.9 Å². The molecule has 224 valence electrons. The third-order valence-corrected chi connectivity index (χ3v) is 10.8. The lowest BCUT2D eigenvalue weighted by molar-refractivity contribution is -0.122. The summed E-state index contributed by atoms with van der Waals surface area (Å²) in [5.41, 5.74) is 5.72. The number of sulfonamides is 1. The highest BCUT2D eigenvalue weighted by Crippen LogP contribution is 2.36. The van der Waals surface area contributed by atoms with Gasteiger partial charge >= 0.3 is 0 Å². The molecule has 0 spiro atoms. The maximum absolute atomic E-state index is 14.5. The minimum Gasteiger partial charge on any atom is -0.436 e. The van der Waals surface area contributed by atoms with Gasteiger partial charge in [-0.1, -0.05) is 48.0 Å². The van der Waals surface area contributed by atoms with Gasteiger partial charge in [0, 0.05) is 17.1 Å². The number of halogens is 1. The molecule has 44 heavy (non-hydrogen) atoms. The molecule has 0 aliphatic carbocycles. The first kappa shape index (κ1) is 29.7. The Morgan fingerprint density at radius 1 is 0.909 bits per heavy atom.